The lowest BCUT2D eigenvalue weighted by molar-refractivity contribution is -0.0832. The quantitative estimate of drug-likeness (QED) is 0.833. The van der Waals surface area contributed by atoms with Crippen LogP contribution in [0.5, 0.6) is 5.75 Å². The van der Waals surface area contributed by atoms with Crippen molar-refractivity contribution in [3.05, 3.63) is 29.8 Å². The van der Waals surface area contributed by atoms with E-state index in [-0.39, 0.29) is 11.6 Å². The van der Waals surface area contributed by atoms with Crippen molar-refractivity contribution in [2.75, 3.05) is 13.7 Å². The van der Waals surface area contributed by atoms with E-state index in [9.17, 15) is 0 Å². The zero-order chi connectivity index (χ0) is 15.1. The lowest BCUT2D eigenvalue weighted by Crippen LogP contribution is -2.51. The molecule has 1 aromatic rings. The maximum Gasteiger partial charge on any atom is 0.118 e. The highest BCUT2D eigenvalue weighted by Crippen LogP contribution is 2.35. The first kappa shape index (κ1) is 16.3. The first-order valence-corrected chi connectivity index (χ1v) is 8.22. The SMILES string of the molecule is CCOC1(C(N)CCc2ccc(OC)cc2)CCCCC1. The van der Waals surface area contributed by atoms with Crippen molar-refractivity contribution in [2.45, 2.75) is 63.5 Å². The predicted octanol–water partition coefficient (Wildman–Crippen LogP) is 3.69. The lowest BCUT2D eigenvalue weighted by atomic mass is 9.77. The van der Waals surface area contributed by atoms with Gasteiger partial charge in [-0.05, 0) is 50.3 Å². The molecule has 0 aliphatic heterocycles. The topological polar surface area (TPSA) is 44.5 Å². The summed E-state index contributed by atoms with van der Waals surface area (Å²) in [6.07, 6.45) is 8.02. The van der Waals surface area contributed by atoms with E-state index in [1.807, 2.05) is 12.1 Å². The summed E-state index contributed by atoms with van der Waals surface area (Å²) in [5, 5.41) is 0. The Morgan fingerprint density at radius 3 is 2.38 bits per heavy atom. The fraction of sp³-hybridized carbons (Fsp3) is 0.667. The second kappa shape index (κ2) is 7.81. The lowest BCUT2D eigenvalue weighted by Gasteiger charge is -2.41. The predicted molar refractivity (Wildman–Crippen MR) is 86.7 cm³/mol. The Kier molecular flexibility index (Phi) is 6.07. The monoisotopic (exact) mass is 291 g/mol. The van der Waals surface area contributed by atoms with Crippen molar-refractivity contribution in [1.82, 2.24) is 0 Å². The number of nitrogens with two attached hydrogens (primary N) is 1. The summed E-state index contributed by atoms with van der Waals surface area (Å²) in [6.45, 7) is 2.84. The molecular weight excluding hydrogens is 262 g/mol. The van der Waals surface area contributed by atoms with Gasteiger partial charge in [-0.2, -0.15) is 0 Å². The number of hydrogen-bond donors (Lipinski definition) is 1. The van der Waals surface area contributed by atoms with Gasteiger partial charge in [0.2, 0.25) is 0 Å². The molecule has 2 rings (SSSR count). The number of rotatable bonds is 7. The number of aryl methyl sites for hydroxylation is 1. The van der Waals surface area contributed by atoms with Gasteiger partial charge in [0.1, 0.15) is 5.75 Å². The van der Waals surface area contributed by atoms with Crippen molar-refractivity contribution < 1.29 is 9.47 Å². The minimum absolute atomic E-state index is 0.0839. The van der Waals surface area contributed by atoms with Crippen molar-refractivity contribution in [3.8, 4) is 5.75 Å². The molecule has 2 N–H and O–H groups in total. The zero-order valence-corrected chi connectivity index (χ0v) is 13.4. The molecule has 21 heavy (non-hydrogen) atoms. The van der Waals surface area contributed by atoms with Gasteiger partial charge >= 0.3 is 0 Å². The molecule has 1 aliphatic rings. The third kappa shape index (κ3) is 4.21. The van der Waals surface area contributed by atoms with Crippen LogP contribution in [0.4, 0.5) is 0 Å². The van der Waals surface area contributed by atoms with Gasteiger partial charge in [0.05, 0.1) is 12.7 Å². The molecule has 0 amide bonds. The van der Waals surface area contributed by atoms with E-state index in [0.717, 1.165) is 38.0 Å². The van der Waals surface area contributed by atoms with Crippen LogP contribution in [0.25, 0.3) is 0 Å². The summed E-state index contributed by atoms with van der Waals surface area (Å²) in [7, 11) is 1.69. The van der Waals surface area contributed by atoms with Crippen LogP contribution in [0.1, 0.15) is 51.0 Å². The first-order chi connectivity index (χ1) is 10.2. The third-order valence-corrected chi connectivity index (χ3v) is 4.71. The molecule has 1 aromatic carbocycles. The molecule has 1 saturated carbocycles. The Morgan fingerprint density at radius 1 is 1.14 bits per heavy atom. The molecule has 3 nitrogen and oxygen atoms in total. The molecule has 0 aromatic heterocycles. The Labute approximate surface area is 128 Å². The molecule has 1 fully saturated rings. The van der Waals surface area contributed by atoms with Crippen LogP contribution >= 0.6 is 0 Å². The van der Waals surface area contributed by atoms with Gasteiger partial charge in [-0.15, -0.1) is 0 Å². The van der Waals surface area contributed by atoms with Crippen molar-refractivity contribution >= 4 is 0 Å². The van der Waals surface area contributed by atoms with E-state index >= 15 is 0 Å². The fourth-order valence-electron chi connectivity index (χ4n) is 3.44. The molecule has 0 saturated heterocycles. The molecule has 3 heteroatoms. The average molecular weight is 291 g/mol. The Morgan fingerprint density at radius 2 is 1.81 bits per heavy atom. The van der Waals surface area contributed by atoms with E-state index in [4.69, 9.17) is 15.2 Å². The van der Waals surface area contributed by atoms with Crippen molar-refractivity contribution in [3.63, 3.8) is 0 Å². The summed E-state index contributed by atoms with van der Waals surface area (Å²) in [5.74, 6) is 0.904. The molecule has 1 unspecified atom stereocenters. The highest BCUT2D eigenvalue weighted by Gasteiger charge is 2.38. The first-order valence-electron chi connectivity index (χ1n) is 8.22. The molecule has 0 radical (unpaired) electrons. The van der Waals surface area contributed by atoms with Crippen LogP contribution < -0.4 is 10.5 Å². The van der Waals surface area contributed by atoms with E-state index in [1.165, 1.54) is 24.8 Å². The highest BCUT2D eigenvalue weighted by atomic mass is 16.5. The third-order valence-electron chi connectivity index (χ3n) is 4.71. The van der Waals surface area contributed by atoms with Crippen LogP contribution in [0, 0.1) is 0 Å². The van der Waals surface area contributed by atoms with Crippen molar-refractivity contribution in [2.24, 2.45) is 5.73 Å². The van der Waals surface area contributed by atoms with E-state index < -0.39 is 0 Å². The second-order valence-corrected chi connectivity index (χ2v) is 6.05. The van der Waals surface area contributed by atoms with Gasteiger partial charge in [0.15, 0.2) is 0 Å². The van der Waals surface area contributed by atoms with Gasteiger partial charge < -0.3 is 15.2 Å². The van der Waals surface area contributed by atoms with E-state index in [2.05, 4.69) is 19.1 Å². The maximum absolute atomic E-state index is 6.52. The smallest absolute Gasteiger partial charge is 0.118 e. The standard InChI is InChI=1S/C18H29NO2/c1-3-21-18(13-5-4-6-14-18)17(19)12-9-15-7-10-16(20-2)11-8-15/h7-8,10-11,17H,3-6,9,12-14,19H2,1-2H3. The Balaban J connectivity index is 1.93. The molecule has 1 aliphatic carbocycles. The highest BCUT2D eigenvalue weighted by molar-refractivity contribution is 5.27. The van der Waals surface area contributed by atoms with Gasteiger partial charge in [0, 0.05) is 12.6 Å². The number of benzene rings is 1. The second-order valence-electron chi connectivity index (χ2n) is 6.05. The number of hydrogen-bond acceptors (Lipinski definition) is 3. The summed E-state index contributed by atoms with van der Waals surface area (Å²) in [6, 6.07) is 8.40. The summed E-state index contributed by atoms with van der Waals surface area (Å²) in [4.78, 5) is 0. The van der Waals surface area contributed by atoms with Crippen LogP contribution in [0.15, 0.2) is 24.3 Å². The molecule has 0 spiro atoms. The van der Waals surface area contributed by atoms with Crippen LogP contribution in [-0.4, -0.2) is 25.4 Å². The molecule has 118 valence electrons. The van der Waals surface area contributed by atoms with E-state index in [0.29, 0.717) is 0 Å². The largest absolute Gasteiger partial charge is 0.497 e. The van der Waals surface area contributed by atoms with Crippen LogP contribution in [0.2, 0.25) is 0 Å². The maximum atomic E-state index is 6.52. The minimum atomic E-state index is -0.0839. The van der Waals surface area contributed by atoms with E-state index in [1.54, 1.807) is 7.11 Å². The fourth-order valence-corrected chi connectivity index (χ4v) is 3.44. The summed E-state index contributed by atoms with van der Waals surface area (Å²) >= 11 is 0. The number of methoxy groups -OCH3 is 1. The zero-order valence-electron chi connectivity index (χ0n) is 13.4. The van der Waals surface area contributed by atoms with Gasteiger partial charge in [-0.3, -0.25) is 0 Å². The normalized spacial score (nSPS) is 19.2. The molecule has 0 heterocycles. The molecule has 0 bridgehead atoms. The Hall–Kier alpha value is -1.06. The Bertz CT molecular complexity index is 404. The van der Waals surface area contributed by atoms with Gasteiger partial charge in [-0.25, -0.2) is 0 Å². The minimum Gasteiger partial charge on any atom is -0.497 e. The number of ether oxygens (including phenoxy) is 2. The van der Waals surface area contributed by atoms with Gasteiger partial charge in [0.25, 0.3) is 0 Å². The van der Waals surface area contributed by atoms with Crippen molar-refractivity contribution in [1.29, 1.82) is 0 Å². The van der Waals surface area contributed by atoms with Crippen LogP contribution in [0.3, 0.4) is 0 Å². The average Bonchev–Trinajstić information content (AvgIpc) is 2.54. The molecule has 1 atom stereocenters. The summed E-state index contributed by atoms with van der Waals surface area (Å²) < 4.78 is 11.3. The molecular formula is C18H29NO2. The van der Waals surface area contributed by atoms with Crippen LogP contribution in [-0.2, 0) is 11.2 Å². The van der Waals surface area contributed by atoms with Gasteiger partial charge in [-0.1, -0.05) is 31.4 Å². The summed E-state index contributed by atoms with van der Waals surface area (Å²) in [5.41, 5.74) is 7.75.